The molecule has 4 rings (SSSR count). The van der Waals surface area contributed by atoms with Crippen LogP contribution in [0.3, 0.4) is 0 Å². The maximum absolute atomic E-state index is 14.0. The first-order valence-electron chi connectivity index (χ1n) is 8.82. The van der Waals surface area contributed by atoms with Gasteiger partial charge in [0, 0.05) is 9.79 Å². The van der Waals surface area contributed by atoms with Crippen LogP contribution in [0.2, 0.25) is 0 Å². The summed E-state index contributed by atoms with van der Waals surface area (Å²) in [6.07, 6.45) is 3.34. The van der Waals surface area contributed by atoms with Crippen LogP contribution in [0.1, 0.15) is 41.5 Å². The maximum Gasteiger partial charge on any atom is 0.137 e. The zero-order valence-corrected chi connectivity index (χ0v) is 15.2. The summed E-state index contributed by atoms with van der Waals surface area (Å²) < 4.78 is 14.0. The van der Waals surface area contributed by atoms with E-state index in [4.69, 9.17) is 0 Å². The molecule has 25 heavy (non-hydrogen) atoms. The van der Waals surface area contributed by atoms with Crippen LogP contribution in [0.25, 0.3) is 0 Å². The van der Waals surface area contributed by atoms with Crippen molar-refractivity contribution in [1.82, 2.24) is 0 Å². The highest BCUT2D eigenvalue weighted by Gasteiger charge is 2.18. The van der Waals surface area contributed by atoms with Crippen molar-refractivity contribution < 1.29 is 4.39 Å². The van der Waals surface area contributed by atoms with E-state index in [0.29, 0.717) is 10.8 Å². The van der Waals surface area contributed by atoms with E-state index >= 15 is 0 Å². The van der Waals surface area contributed by atoms with Gasteiger partial charge in [-0.3, -0.25) is 0 Å². The van der Waals surface area contributed by atoms with Gasteiger partial charge in [-0.2, -0.15) is 0 Å². The van der Waals surface area contributed by atoms with Crippen molar-refractivity contribution in [3.05, 3.63) is 94.8 Å². The first-order chi connectivity index (χ1) is 12.2. The van der Waals surface area contributed by atoms with Crippen LogP contribution in [0.5, 0.6) is 0 Å². The highest BCUT2D eigenvalue weighted by atomic mass is 32.2. The van der Waals surface area contributed by atoms with E-state index in [1.54, 1.807) is 6.07 Å². The van der Waals surface area contributed by atoms with E-state index < -0.39 is 0 Å². The number of fused-ring (bicyclic) bond motifs is 1. The van der Waals surface area contributed by atoms with Crippen LogP contribution >= 0.6 is 11.8 Å². The van der Waals surface area contributed by atoms with E-state index in [-0.39, 0.29) is 5.82 Å². The third-order valence-corrected chi connectivity index (χ3v) is 6.18. The average molecular weight is 348 g/mol. The minimum absolute atomic E-state index is 0.158. The van der Waals surface area contributed by atoms with Gasteiger partial charge in [-0.15, -0.1) is 0 Å². The van der Waals surface area contributed by atoms with Gasteiger partial charge in [-0.25, -0.2) is 4.39 Å². The van der Waals surface area contributed by atoms with Gasteiger partial charge in [-0.1, -0.05) is 67.2 Å². The fourth-order valence-electron chi connectivity index (χ4n) is 3.61. The van der Waals surface area contributed by atoms with Crippen LogP contribution in [0, 0.1) is 5.82 Å². The summed E-state index contributed by atoms with van der Waals surface area (Å²) >= 11 is 1.51. The predicted octanol–water partition coefficient (Wildman–Crippen LogP) is 6.62. The standard InChI is InChI=1S/C23H21FS/c1-16-10-12-18-14-17(11-13-20(16)18)15-19-6-2-4-8-22(19)25-23-9-5-3-7-21(23)24/h2-9,11,13-14,16H,10,12,15H2,1H3. The third kappa shape index (κ3) is 3.50. The summed E-state index contributed by atoms with van der Waals surface area (Å²) in [6.45, 7) is 2.31. The highest BCUT2D eigenvalue weighted by molar-refractivity contribution is 7.99. The number of hydrogen-bond donors (Lipinski definition) is 0. The molecule has 1 aliphatic carbocycles. The highest BCUT2D eigenvalue weighted by Crippen LogP contribution is 2.35. The molecule has 126 valence electrons. The molecule has 3 aromatic carbocycles. The monoisotopic (exact) mass is 348 g/mol. The number of aryl methyl sites for hydroxylation is 1. The lowest BCUT2D eigenvalue weighted by molar-refractivity contribution is 0.602. The quantitative estimate of drug-likeness (QED) is 0.511. The molecule has 0 radical (unpaired) electrons. The van der Waals surface area contributed by atoms with Crippen molar-refractivity contribution in [2.75, 3.05) is 0 Å². The Labute approximate surface area is 153 Å². The molecule has 2 heteroatoms. The van der Waals surface area contributed by atoms with Gasteiger partial charge in [0.25, 0.3) is 0 Å². The lowest BCUT2D eigenvalue weighted by Gasteiger charge is -2.11. The smallest absolute Gasteiger partial charge is 0.137 e. The molecule has 0 nitrogen and oxygen atoms in total. The van der Waals surface area contributed by atoms with Crippen molar-refractivity contribution in [2.24, 2.45) is 0 Å². The molecular formula is C23H21FS. The van der Waals surface area contributed by atoms with E-state index in [1.807, 2.05) is 18.2 Å². The summed E-state index contributed by atoms with van der Waals surface area (Å²) in [5, 5.41) is 0. The molecule has 1 atom stereocenters. The number of benzene rings is 3. The minimum atomic E-state index is -0.158. The van der Waals surface area contributed by atoms with E-state index in [0.717, 1.165) is 11.3 Å². The second-order valence-corrected chi connectivity index (χ2v) is 7.87. The SMILES string of the molecule is CC1CCc2cc(Cc3ccccc3Sc3ccccc3F)ccc21. The molecule has 0 bridgehead atoms. The molecule has 0 spiro atoms. The first-order valence-corrected chi connectivity index (χ1v) is 9.64. The zero-order chi connectivity index (χ0) is 17.2. The predicted molar refractivity (Wildman–Crippen MR) is 103 cm³/mol. The van der Waals surface area contributed by atoms with E-state index in [9.17, 15) is 4.39 Å². The lowest BCUT2D eigenvalue weighted by atomic mass is 9.98. The zero-order valence-electron chi connectivity index (χ0n) is 14.3. The van der Waals surface area contributed by atoms with Gasteiger partial charge in [0.1, 0.15) is 5.82 Å². The Balaban J connectivity index is 1.60. The molecule has 0 amide bonds. The van der Waals surface area contributed by atoms with Gasteiger partial charge in [0.15, 0.2) is 0 Å². The summed E-state index contributed by atoms with van der Waals surface area (Å²) in [7, 11) is 0. The van der Waals surface area contributed by atoms with Crippen molar-refractivity contribution >= 4 is 11.8 Å². The van der Waals surface area contributed by atoms with Crippen molar-refractivity contribution in [1.29, 1.82) is 0 Å². The Hall–Kier alpha value is -2.06. The van der Waals surface area contributed by atoms with Crippen molar-refractivity contribution in [2.45, 2.75) is 41.9 Å². The largest absolute Gasteiger partial charge is 0.206 e. The first kappa shape index (κ1) is 16.4. The Morgan fingerprint density at radius 3 is 2.56 bits per heavy atom. The third-order valence-electron chi connectivity index (χ3n) is 5.01. The summed E-state index contributed by atoms with van der Waals surface area (Å²) in [6, 6.07) is 22.2. The summed E-state index contributed by atoms with van der Waals surface area (Å²) in [5.41, 5.74) is 5.61. The minimum Gasteiger partial charge on any atom is -0.206 e. The van der Waals surface area contributed by atoms with Gasteiger partial charge >= 0.3 is 0 Å². The Morgan fingerprint density at radius 1 is 0.960 bits per heavy atom. The topological polar surface area (TPSA) is 0 Å². The molecule has 0 N–H and O–H groups in total. The normalized spacial score (nSPS) is 16.0. The van der Waals surface area contributed by atoms with Crippen molar-refractivity contribution in [3.63, 3.8) is 0 Å². The van der Waals surface area contributed by atoms with Crippen LogP contribution in [-0.2, 0) is 12.8 Å². The molecule has 0 saturated heterocycles. The van der Waals surface area contributed by atoms with Crippen LogP contribution in [0.4, 0.5) is 4.39 Å². The average Bonchev–Trinajstić information content (AvgIpc) is 2.99. The van der Waals surface area contributed by atoms with Gasteiger partial charge in [-0.05, 0) is 65.6 Å². The Kier molecular flexibility index (Phi) is 4.63. The second kappa shape index (κ2) is 7.05. The molecule has 0 aromatic heterocycles. The molecule has 0 fully saturated rings. The fraction of sp³-hybridized carbons (Fsp3) is 0.217. The molecule has 0 saturated carbocycles. The number of rotatable bonds is 4. The maximum atomic E-state index is 14.0. The van der Waals surface area contributed by atoms with Crippen LogP contribution < -0.4 is 0 Å². The number of hydrogen-bond acceptors (Lipinski definition) is 1. The fourth-order valence-corrected chi connectivity index (χ4v) is 4.58. The molecule has 0 aliphatic heterocycles. The van der Waals surface area contributed by atoms with Gasteiger partial charge in [0.2, 0.25) is 0 Å². The molecule has 1 unspecified atom stereocenters. The molecular weight excluding hydrogens is 327 g/mol. The molecule has 1 aliphatic rings. The van der Waals surface area contributed by atoms with E-state index in [1.165, 1.54) is 52.9 Å². The summed E-state index contributed by atoms with van der Waals surface area (Å²) in [5.74, 6) is 0.529. The van der Waals surface area contributed by atoms with Gasteiger partial charge in [0.05, 0.1) is 0 Å². The molecule has 0 heterocycles. The second-order valence-electron chi connectivity index (χ2n) is 6.79. The molecule has 3 aromatic rings. The summed E-state index contributed by atoms with van der Waals surface area (Å²) in [4.78, 5) is 1.80. The van der Waals surface area contributed by atoms with E-state index in [2.05, 4.69) is 43.3 Å². The lowest BCUT2D eigenvalue weighted by Crippen LogP contribution is -1.94. The van der Waals surface area contributed by atoms with Crippen LogP contribution in [0.15, 0.2) is 76.5 Å². The van der Waals surface area contributed by atoms with Gasteiger partial charge < -0.3 is 0 Å². The Bertz CT molecular complexity index is 900. The Morgan fingerprint density at radius 2 is 1.72 bits per heavy atom. The number of halogens is 1. The van der Waals surface area contributed by atoms with Crippen molar-refractivity contribution in [3.8, 4) is 0 Å². The van der Waals surface area contributed by atoms with Crippen LogP contribution in [-0.4, -0.2) is 0 Å².